The zero-order valence-electron chi connectivity index (χ0n) is 16.5. The maximum Gasteiger partial charge on any atom is 0.258 e. The number of halogens is 2. The summed E-state index contributed by atoms with van der Waals surface area (Å²) in [5.74, 6) is -1.38. The monoisotopic (exact) mass is 482 g/mol. The SMILES string of the molecule is CCCS(=O)(=O)Nc1c(Cl)ccc(C(=O)Nc2ccc(NCc3cccs3)nc2)c1F. The molecule has 164 valence electrons. The molecular weight excluding hydrogens is 463 g/mol. The minimum Gasteiger partial charge on any atom is -0.365 e. The van der Waals surface area contributed by atoms with Crippen molar-refractivity contribution in [2.45, 2.75) is 19.9 Å². The van der Waals surface area contributed by atoms with Gasteiger partial charge < -0.3 is 10.6 Å². The van der Waals surface area contributed by atoms with Gasteiger partial charge in [0, 0.05) is 4.88 Å². The molecule has 0 radical (unpaired) electrons. The summed E-state index contributed by atoms with van der Waals surface area (Å²) in [7, 11) is -3.78. The third kappa shape index (κ3) is 6.16. The fourth-order valence-corrected chi connectivity index (χ4v) is 4.70. The molecule has 0 saturated heterocycles. The summed E-state index contributed by atoms with van der Waals surface area (Å²) in [4.78, 5) is 17.9. The van der Waals surface area contributed by atoms with Crippen LogP contribution in [0.5, 0.6) is 0 Å². The number of aromatic nitrogens is 1. The Bertz CT molecular complexity index is 1150. The second-order valence-corrected chi connectivity index (χ2v) is 9.81. The summed E-state index contributed by atoms with van der Waals surface area (Å²) in [6.07, 6.45) is 1.78. The first kappa shape index (κ1) is 23.0. The van der Waals surface area contributed by atoms with Crippen LogP contribution in [0.4, 0.5) is 21.6 Å². The van der Waals surface area contributed by atoms with Crippen LogP contribution in [0.15, 0.2) is 48.0 Å². The van der Waals surface area contributed by atoms with Crippen LogP contribution >= 0.6 is 22.9 Å². The maximum absolute atomic E-state index is 14.9. The Morgan fingerprint density at radius 1 is 1.23 bits per heavy atom. The molecule has 0 unspecified atom stereocenters. The molecule has 1 aromatic carbocycles. The zero-order valence-corrected chi connectivity index (χ0v) is 18.9. The van der Waals surface area contributed by atoms with Crippen molar-refractivity contribution in [3.05, 3.63) is 69.3 Å². The fraction of sp³-hybridized carbons (Fsp3) is 0.200. The van der Waals surface area contributed by atoms with Crippen molar-refractivity contribution in [3.8, 4) is 0 Å². The highest BCUT2D eigenvalue weighted by molar-refractivity contribution is 7.92. The Hall–Kier alpha value is -2.69. The highest BCUT2D eigenvalue weighted by Gasteiger charge is 2.21. The summed E-state index contributed by atoms with van der Waals surface area (Å²) in [6.45, 7) is 2.31. The van der Waals surface area contributed by atoms with Gasteiger partial charge in [-0.25, -0.2) is 17.8 Å². The van der Waals surface area contributed by atoms with Crippen LogP contribution in [0.1, 0.15) is 28.6 Å². The predicted molar refractivity (Wildman–Crippen MR) is 123 cm³/mol. The first-order valence-corrected chi connectivity index (χ1v) is 12.2. The van der Waals surface area contributed by atoms with Gasteiger partial charge in [0.2, 0.25) is 10.0 Å². The first-order valence-electron chi connectivity index (χ1n) is 9.31. The van der Waals surface area contributed by atoms with Gasteiger partial charge in [-0.3, -0.25) is 9.52 Å². The number of amides is 1. The maximum atomic E-state index is 14.9. The fourth-order valence-electron chi connectivity index (χ4n) is 2.66. The van der Waals surface area contributed by atoms with E-state index in [9.17, 15) is 17.6 Å². The van der Waals surface area contributed by atoms with Crippen molar-refractivity contribution in [1.82, 2.24) is 4.98 Å². The number of hydrogen-bond acceptors (Lipinski definition) is 6. The van der Waals surface area contributed by atoms with E-state index in [1.165, 1.54) is 18.3 Å². The third-order valence-electron chi connectivity index (χ3n) is 4.11. The molecule has 7 nitrogen and oxygen atoms in total. The van der Waals surface area contributed by atoms with Crippen LogP contribution in [0.2, 0.25) is 5.02 Å². The van der Waals surface area contributed by atoms with Crippen LogP contribution in [0.25, 0.3) is 0 Å². The quantitative estimate of drug-likeness (QED) is 0.400. The number of pyridine rings is 1. The van der Waals surface area contributed by atoms with Gasteiger partial charge in [-0.1, -0.05) is 24.6 Å². The van der Waals surface area contributed by atoms with E-state index in [1.54, 1.807) is 30.4 Å². The van der Waals surface area contributed by atoms with E-state index in [0.29, 0.717) is 24.5 Å². The number of anilines is 3. The number of rotatable bonds is 9. The van der Waals surface area contributed by atoms with E-state index in [4.69, 9.17) is 11.6 Å². The molecule has 0 fully saturated rings. The van der Waals surface area contributed by atoms with Crippen molar-refractivity contribution in [1.29, 1.82) is 0 Å². The molecule has 3 N–H and O–H groups in total. The molecule has 0 atom stereocenters. The van der Waals surface area contributed by atoms with Gasteiger partial charge in [-0.2, -0.15) is 0 Å². The lowest BCUT2D eigenvalue weighted by Gasteiger charge is -2.13. The Balaban J connectivity index is 1.70. The molecule has 3 aromatic rings. The molecule has 3 rings (SSSR count). The van der Waals surface area contributed by atoms with E-state index in [0.717, 1.165) is 4.88 Å². The second kappa shape index (κ2) is 10.1. The van der Waals surface area contributed by atoms with Gasteiger partial charge in [-0.15, -0.1) is 11.3 Å². The minimum atomic E-state index is -3.78. The summed E-state index contributed by atoms with van der Waals surface area (Å²) in [5.41, 5.74) is -0.443. The molecular formula is C20H20ClFN4O3S2. The third-order valence-corrected chi connectivity index (χ3v) is 6.76. The van der Waals surface area contributed by atoms with Crippen LogP contribution in [0.3, 0.4) is 0 Å². The molecule has 0 spiro atoms. The van der Waals surface area contributed by atoms with Gasteiger partial charge >= 0.3 is 0 Å². The topological polar surface area (TPSA) is 100 Å². The first-order chi connectivity index (χ1) is 14.8. The van der Waals surface area contributed by atoms with Gasteiger partial charge in [-0.05, 0) is 42.1 Å². The minimum absolute atomic E-state index is 0.142. The summed E-state index contributed by atoms with van der Waals surface area (Å²) < 4.78 is 40.9. The number of nitrogens with zero attached hydrogens (tertiary/aromatic N) is 1. The average molecular weight is 483 g/mol. The molecule has 0 aliphatic heterocycles. The Kier molecular flexibility index (Phi) is 7.47. The number of carbonyl (C=O) groups is 1. The normalized spacial score (nSPS) is 11.2. The molecule has 11 heteroatoms. The second-order valence-electron chi connectivity index (χ2n) is 6.52. The van der Waals surface area contributed by atoms with Crippen molar-refractivity contribution in [2.24, 2.45) is 0 Å². The Morgan fingerprint density at radius 2 is 2.03 bits per heavy atom. The molecule has 0 saturated carbocycles. The van der Waals surface area contributed by atoms with Crippen molar-refractivity contribution in [2.75, 3.05) is 21.1 Å². The molecule has 1 amide bonds. The average Bonchev–Trinajstić information content (AvgIpc) is 3.24. The number of carbonyl (C=O) groups excluding carboxylic acids is 1. The number of thiophene rings is 1. The van der Waals surface area contributed by atoms with Gasteiger partial charge in [0.05, 0.1) is 34.8 Å². The predicted octanol–water partition coefficient (Wildman–Crippen LogP) is 4.95. The van der Waals surface area contributed by atoms with E-state index < -0.39 is 27.4 Å². The van der Waals surface area contributed by atoms with Gasteiger partial charge in [0.15, 0.2) is 5.82 Å². The van der Waals surface area contributed by atoms with Crippen LogP contribution in [-0.4, -0.2) is 25.1 Å². The van der Waals surface area contributed by atoms with Crippen molar-refractivity contribution >= 4 is 56.1 Å². The van der Waals surface area contributed by atoms with Crippen LogP contribution in [-0.2, 0) is 16.6 Å². The Labute approximate surface area is 188 Å². The lowest BCUT2D eigenvalue weighted by atomic mass is 10.1. The van der Waals surface area contributed by atoms with Gasteiger partial charge in [0.1, 0.15) is 11.5 Å². The van der Waals surface area contributed by atoms with E-state index in [-0.39, 0.29) is 16.3 Å². The summed E-state index contributed by atoms with van der Waals surface area (Å²) >= 11 is 7.57. The molecule has 0 aliphatic carbocycles. The Morgan fingerprint density at radius 3 is 2.68 bits per heavy atom. The van der Waals surface area contributed by atoms with Gasteiger partial charge in [0.25, 0.3) is 5.91 Å². The van der Waals surface area contributed by atoms with E-state index >= 15 is 0 Å². The highest BCUT2D eigenvalue weighted by atomic mass is 35.5. The van der Waals surface area contributed by atoms with E-state index in [1.807, 2.05) is 17.5 Å². The number of sulfonamides is 1. The van der Waals surface area contributed by atoms with Crippen LogP contribution in [0, 0.1) is 5.82 Å². The van der Waals surface area contributed by atoms with E-state index in [2.05, 4.69) is 20.3 Å². The molecule has 31 heavy (non-hydrogen) atoms. The number of benzene rings is 1. The van der Waals surface area contributed by atoms with Crippen LogP contribution < -0.4 is 15.4 Å². The summed E-state index contributed by atoms with van der Waals surface area (Å²) in [5, 5.41) is 7.55. The standard InChI is InChI=1S/C20H20ClFN4O3S2/c1-2-10-31(28,29)26-19-16(21)7-6-15(18(19)22)20(27)25-13-5-8-17(23-11-13)24-12-14-4-3-9-30-14/h3-9,11,26H,2,10,12H2,1H3,(H,23,24)(H,25,27). The lowest BCUT2D eigenvalue weighted by Crippen LogP contribution is -2.20. The largest absolute Gasteiger partial charge is 0.365 e. The van der Waals surface area contributed by atoms with Crippen molar-refractivity contribution in [3.63, 3.8) is 0 Å². The summed E-state index contributed by atoms with van der Waals surface area (Å²) in [6, 6.07) is 9.73. The molecule has 2 aromatic heterocycles. The lowest BCUT2D eigenvalue weighted by molar-refractivity contribution is 0.102. The molecule has 0 bridgehead atoms. The number of hydrogen-bond donors (Lipinski definition) is 3. The highest BCUT2D eigenvalue weighted by Crippen LogP contribution is 2.29. The molecule has 0 aliphatic rings. The molecule has 2 heterocycles. The number of nitrogens with one attached hydrogen (secondary N) is 3. The smallest absolute Gasteiger partial charge is 0.258 e. The van der Waals surface area contributed by atoms with Crippen molar-refractivity contribution < 1.29 is 17.6 Å². The zero-order chi connectivity index (χ0) is 22.4.